The highest BCUT2D eigenvalue weighted by Gasteiger charge is 1.76. The number of hydrogen-bond acceptors (Lipinski definition) is 5. The molecule has 0 bridgehead atoms. The lowest BCUT2D eigenvalue weighted by Gasteiger charge is -1.79. The van der Waals surface area contributed by atoms with E-state index in [1.807, 2.05) is 0 Å². The maximum absolute atomic E-state index is 7.91. The zero-order chi connectivity index (χ0) is 7.70. The van der Waals surface area contributed by atoms with Crippen LogP contribution in [0.5, 0.6) is 0 Å². The van der Waals surface area contributed by atoms with Crippen molar-refractivity contribution in [3.05, 3.63) is 0 Å². The Kier molecular flexibility index (Phi) is 14.7. The van der Waals surface area contributed by atoms with E-state index in [9.17, 15) is 0 Å². The summed E-state index contributed by atoms with van der Waals surface area (Å²) in [5.41, 5.74) is 0. The number of aliphatic hydroxyl groups is 2. The van der Waals surface area contributed by atoms with Crippen LogP contribution in [0.15, 0.2) is 0 Å². The van der Waals surface area contributed by atoms with E-state index < -0.39 is 8.60 Å². The molecule has 0 amide bonds. The second-order valence-electron chi connectivity index (χ2n) is 1.07. The molecule has 5 nitrogen and oxygen atoms in total. The molecule has 0 saturated carbocycles. The first-order valence-corrected chi connectivity index (χ1v) is 3.43. The molecular weight excluding hydrogens is 147 g/mol. The van der Waals surface area contributed by atoms with Gasteiger partial charge in [-0.15, -0.1) is 0 Å². The van der Waals surface area contributed by atoms with Gasteiger partial charge in [0.1, 0.15) is 0 Å². The lowest BCUT2D eigenvalue weighted by Crippen LogP contribution is -1.85. The summed E-state index contributed by atoms with van der Waals surface area (Å²) in [6.07, 6.45) is 0.500. The Morgan fingerprint density at radius 2 is 1.11 bits per heavy atom. The average molecular weight is 158 g/mol. The molecule has 5 N–H and O–H groups in total. The molecule has 0 rings (SSSR count). The zero-order valence-electron chi connectivity index (χ0n) is 4.80. The Hall–Kier alpha value is 0.230. The molecule has 0 aromatic carbocycles. The molecule has 0 heterocycles. The minimum atomic E-state index is -2.62. The molecule has 0 atom stereocenters. The van der Waals surface area contributed by atoms with E-state index in [1.54, 1.807) is 0 Å². The normalized spacial score (nSPS) is 8.67. The number of rotatable bonds is 2. The van der Waals surface area contributed by atoms with Gasteiger partial charge >= 0.3 is 8.60 Å². The van der Waals surface area contributed by atoms with Gasteiger partial charge in [-0.2, -0.15) is 0 Å². The molecule has 9 heavy (non-hydrogen) atoms. The topological polar surface area (TPSA) is 101 Å². The van der Waals surface area contributed by atoms with Crippen molar-refractivity contribution in [2.45, 2.75) is 6.42 Å². The Morgan fingerprint density at radius 1 is 0.889 bits per heavy atom. The van der Waals surface area contributed by atoms with Crippen LogP contribution in [0.1, 0.15) is 6.42 Å². The third-order valence-electron chi connectivity index (χ3n) is 0.316. The predicted molar refractivity (Wildman–Crippen MR) is 32.4 cm³/mol. The highest BCUT2D eigenvalue weighted by molar-refractivity contribution is 7.38. The molecule has 0 spiro atoms. The van der Waals surface area contributed by atoms with Crippen molar-refractivity contribution in [1.29, 1.82) is 0 Å². The SMILES string of the molecule is OCCCO.OP(O)O. The van der Waals surface area contributed by atoms with Gasteiger partial charge < -0.3 is 24.9 Å². The van der Waals surface area contributed by atoms with Gasteiger partial charge in [0.15, 0.2) is 0 Å². The lowest BCUT2D eigenvalue weighted by atomic mass is 10.5. The predicted octanol–water partition coefficient (Wildman–Crippen LogP) is -1.45. The molecule has 0 aromatic heterocycles. The van der Waals surface area contributed by atoms with Crippen LogP contribution >= 0.6 is 8.60 Å². The fourth-order valence-electron chi connectivity index (χ4n) is 0.0707. The van der Waals surface area contributed by atoms with Crippen molar-refractivity contribution in [2.75, 3.05) is 13.2 Å². The van der Waals surface area contributed by atoms with Gasteiger partial charge in [0.25, 0.3) is 0 Å². The van der Waals surface area contributed by atoms with E-state index in [1.165, 1.54) is 0 Å². The fourth-order valence-corrected chi connectivity index (χ4v) is 0.0707. The highest BCUT2D eigenvalue weighted by Crippen LogP contribution is 2.11. The van der Waals surface area contributed by atoms with Gasteiger partial charge in [-0.3, -0.25) is 0 Å². The number of hydrogen-bond donors (Lipinski definition) is 5. The Balaban J connectivity index is 0. The fraction of sp³-hybridized carbons (Fsp3) is 1.00. The van der Waals surface area contributed by atoms with Crippen molar-refractivity contribution >= 4 is 8.60 Å². The maximum atomic E-state index is 7.91. The van der Waals surface area contributed by atoms with Crippen LogP contribution in [0.25, 0.3) is 0 Å². The van der Waals surface area contributed by atoms with Crippen molar-refractivity contribution in [2.24, 2.45) is 0 Å². The minimum absolute atomic E-state index is 0.0938. The first kappa shape index (κ1) is 12.0. The van der Waals surface area contributed by atoms with Gasteiger partial charge in [0.05, 0.1) is 0 Å². The van der Waals surface area contributed by atoms with Gasteiger partial charge in [-0.05, 0) is 6.42 Å². The van der Waals surface area contributed by atoms with Crippen molar-refractivity contribution < 1.29 is 24.9 Å². The van der Waals surface area contributed by atoms with Crippen molar-refractivity contribution in [3.63, 3.8) is 0 Å². The van der Waals surface area contributed by atoms with Gasteiger partial charge in [-0.25, -0.2) is 0 Å². The van der Waals surface area contributed by atoms with E-state index in [-0.39, 0.29) is 13.2 Å². The van der Waals surface area contributed by atoms with Crippen LogP contribution in [-0.4, -0.2) is 38.1 Å². The summed E-state index contributed by atoms with van der Waals surface area (Å²) in [4.78, 5) is 21.7. The van der Waals surface area contributed by atoms with Gasteiger partial charge in [0, 0.05) is 13.2 Å². The number of aliphatic hydroxyl groups excluding tert-OH is 2. The molecule has 0 aromatic rings. The molecule has 0 unspecified atom stereocenters. The maximum Gasteiger partial charge on any atom is 0.324 e. The third-order valence-corrected chi connectivity index (χ3v) is 0.316. The molecule has 0 aliphatic carbocycles. The molecule has 0 aliphatic heterocycles. The van der Waals surface area contributed by atoms with Crippen molar-refractivity contribution in [3.8, 4) is 0 Å². The monoisotopic (exact) mass is 158 g/mol. The van der Waals surface area contributed by atoms with E-state index in [2.05, 4.69) is 0 Å². The smallest absolute Gasteiger partial charge is 0.324 e. The van der Waals surface area contributed by atoms with E-state index in [4.69, 9.17) is 24.9 Å². The second-order valence-corrected chi connectivity index (χ2v) is 1.61. The van der Waals surface area contributed by atoms with Crippen LogP contribution in [0.2, 0.25) is 0 Å². The molecule has 0 radical (unpaired) electrons. The Labute approximate surface area is 54.2 Å². The largest absolute Gasteiger partial charge is 0.396 e. The first-order valence-electron chi connectivity index (χ1n) is 2.23. The molecule has 0 saturated heterocycles. The molecule has 0 fully saturated rings. The van der Waals surface area contributed by atoms with Crippen LogP contribution in [0, 0.1) is 0 Å². The first-order chi connectivity index (χ1) is 4.15. The molecule has 6 heteroatoms. The van der Waals surface area contributed by atoms with E-state index in [0.29, 0.717) is 6.42 Å². The lowest BCUT2D eigenvalue weighted by molar-refractivity contribution is 0.221. The summed E-state index contributed by atoms with van der Waals surface area (Å²) in [5.74, 6) is 0. The Morgan fingerprint density at radius 3 is 1.11 bits per heavy atom. The molecule has 0 aliphatic rings. The summed E-state index contributed by atoms with van der Waals surface area (Å²) >= 11 is 0. The quantitative estimate of drug-likeness (QED) is 0.316. The minimum Gasteiger partial charge on any atom is -0.396 e. The van der Waals surface area contributed by atoms with Crippen LogP contribution in [0.3, 0.4) is 0 Å². The summed E-state index contributed by atoms with van der Waals surface area (Å²) in [6, 6.07) is 0. The van der Waals surface area contributed by atoms with E-state index >= 15 is 0 Å². The summed E-state index contributed by atoms with van der Waals surface area (Å²) in [7, 11) is -2.62. The van der Waals surface area contributed by atoms with Gasteiger partial charge in [0.2, 0.25) is 0 Å². The van der Waals surface area contributed by atoms with Crippen LogP contribution in [0.4, 0.5) is 0 Å². The highest BCUT2D eigenvalue weighted by atomic mass is 31.2. The molecule has 58 valence electrons. The van der Waals surface area contributed by atoms with Crippen molar-refractivity contribution in [1.82, 2.24) is 0 Å². The zero-order valence-corrected chi connectivity index (χ0v) is 5.70. The van der Waals surface area contributed by atoms with E-state index in [0.717, 1.165) is 0 Å². The summed E-state index contributed by atoms with van der Waals surface area (Å²) < 4.78 is 0. The average Bonchev–Trinajstić information content (AvgIpc) is 1.66. The van der Waals surface area contributed by atoms with Crippen LogP contribution in [-0.2, 0) is 0 Å². The van der Waals surface area contributed by atoms with Gasteiger partial charge in [-0.1, -0.05) is 0 Å². The molecular formula is C3H11O5P. The third kappa shape index (κ3) is 64.2. The Bertz CT molecular complexity index is 36.4. The van der Waals surface area contributed by atoms with Crippen LogP contribution < -0.4 is 0 Å². The second kappa shape index (κ2) is 11.1. The summed E-state index contributed by atoms with van der Waals surface area (Å²) in [6.45, 7) is 0.188. The summed E-state index contributed by atoms with van der Waals surface area (Å²) in [5, 5.41) is 15.8. The standard InChI is InChI=1S/C3H8O2.H3O3P/c4-2-1-3-5;1-4(2)3/h4-5H,1-3H2;1-3H.